The Bertz CT molecular complexity index is 369. The van der Waals surface area contributed by atoms with Gasteiger partial charge in [-0.25, -0.2) is 0 Å². The lowest BCUT2D eigenvalue weighted by molar-refractivity contribution is -0.135. The molecule has 0 rings (SSSR count). The summed E-state index contributed by atoms with van der Waals surface area (Å²) in [4.78, 5) is 54.0. The van der Waals surface area contributed by atoms with Gasteiger partial charge >= 0.3 is 0 Å². The monoisotopic (exact) mass is 433 g/mol. The third kappa shape index (κ3) is 2780. The average molecular weight is 433 g/mol. The second-order valence-corrected chi connectivity index (χ2v) is 3.78. The van der Waals surface area contributed by atoms with Crippen molar-refractivity contribution in [2.75, 3.05) is 0 Å². The van der Waals surface area contributed by atoms with Gasteiger partial charge < -0.3 is 47.8 Å². The van der Waals surface area contributed by atoms with Gasteiger partial charge in [0.1, 0.15) is 5.82 Å². The van der Waals surface area contributed by atoms with Gasteiger partial charge in [0.2, 0.25) is 0 Å². The number of aliphatic carboxylic acids is 6. The van der Waals surface area contributed by atoms with Crippen LogP contribution in [0.2, 0.25) is 0 Å². The molecular weight excluding hydrogens is 402 g/mol. The lowest BCUT2D eigenvalue weighted by atomic mass is 10.8. The molecule has 0 fully saturated rings. The van der Waals surface area contributed by atoms with Crippen molar-refractivity contribution in [1.82, 2.24) is 0 Å². The van der Waals surface area contributed by atoms with Crippen LogP contribution in [0.15, 0.2) is 12.0 Å². The molecule has 0 heterocycles. The van der Waals surface area contributed by atoms with Crippen molar-refractivity contribution in [3.05, 3.63) is 12.0 Å². The summed E-state index contributed by atoms with van der Waals surface area (Å²) in [7, 11) is 0. The van der Waals surface area contributed by atoms with Crippen molar-refractivity contribution in [2.45, 2.75) is 41.5 Å². The van der Waals surface area contributed by atoms with Gasteiger partial charge in [-0.3, -0.25) is 28.8 Å². The van der Waals surface area contributed by atoms with Gasteiger partial charge in [0.05, 0.1) is 0 Å². The maximum atomic E-state index is 9.00. The molecule has 0 aromatic rings. The SMILES string of the molecule is CC(=O)O.CC(=O)O.CC(=O)O.CC(=O)O.CC(=O)O.CC(=O)O.NC=C(N)N. The van der Waals surface area contributed by atoms with E-state index in [0.29, 0.717) is 0 Å². The molecule has 0 radical (unpaired) electrons. The molecule has 0 saturated carbocycles. The van der Waals surface area contributed by atoms with E-state index in [1.165, 1.54) is 0 Å². The number of carboxylic acid groups (broad SMARTS) is 6. The minimum atomic E-state index is -0.833. The van der Waals surface area contributed by atoms with Crippen LogP contribution in [-0.2, 0) is 28.8 Å². The standard InChI is InChI=1S/C2H7N3.6C2H4O2/c3-1-2(4)5;6*1-2(3)4/h1H,3-5H2;6*1H3,(H,3,4). The molecule has 174 valence electrons. The highest BCUT2D eigenvalue weighted by molar-refractivity contribution is 5.64. The Morgan fingerprint density at radius 3 is 0.517 bits per heavy atom. The number of hydrogen-bond donors (Lipinski definition) is 9. The van der Waals surface area contributed by atoms with E-state index in [0.717, 1.165) is 47.7 Å². The Hall–Kier alpha value is -4.04. The van der Waals surface area contributed by atoms with Gasteiger partial charge in [0, 0.05) is 47.7 Å². The van der Waals surface area contributed by atoms with Crippen molar-refractivity contribution < 1.29 is 59.4 Å². The van der Waals surface area contributed by atoms with E-state index in [-0.39, 0.29) is 5.82 Å². The molecule has 29 heavy (non-hydrogen) atoms. The van der Waals surface area contributed by atoms with E-state index in [1.807, 2.05) is 0 Å². The largest absolute Gasteiger partial charge is 0.481 e. The molecule has 0 amide bonds. The summed E-state index contributed by atoms with van der Waals surface area (Å²) in [6, 6.07) is 0. The number of rotatable bonds is 0. The summed E-state index contributed by atoms with van der Waals surface area (Å²) in [5.74, 6) is -4.84. The molecular formula is C14H31N3O12. The predicted molar refractivity (Wildman–Crippen MR) is 101 cm³/mol. The predicted octanol–water partition coefficient (Wildman–Crippen LogP) is -0.793. The molecule has 12 N–H and O–H groups in total. The van der Waals surface area contributed by atoms with Crippen LogP contribution in [-0.4, -0.2) is 66.5 Å². The minimum absolute atomic E-state index is 0.157. The Morgan fingerprint density at radius 2 is 0.517 bits per heavy atom. The number of hydrogen-bond acceptors (Lipinski definition) is 9. The molecule has 0 saturated heterocycles. The van der Waals surface area contributed by atoms with Gasteiger partial charge in [-0.1, -0.05) is 0 Å². The normalized spacial score (nSPS) is 6.28. The first-order chi connectivity index (χ1) is 12.7. The summed E-state index contributed by atoms with van der Waals surface area (Å²) in [5, 5.41) is 44.5. The van der Waals surface area contributed by atoms with E-state index in [1.54, 1.807) is 0 Å². The van der Waals surface area contributed by atoms with Crippen molar-refractivity contribution in [2.24, 2.45) is 17.2 Å². The van der Waals surface area contributed by atoms with Crippen LogP contribution in [0.4, 0.5) is 0 Å². The molecule has 0 aromatic heterocycles. The fraction of sp³-hybridized carbons (Fsp3) is 0.429. The van der Waals surface area contributed by atoms with Crippen LogP contribution in [0.25, 0.3) is 0 Å². The third-order valence-electron chi connectivity index (χ3n) is 0.192. The van der Waals surface area contributed by atoms with Crippen LogP contribution in [0.1, 0.15) is 41.5 Å². The Balaban J connectivity index is -0.0000000390. The summed E-state index contributed by atoms with van der Waals surface area (Å²) < 4.78 is 0. The van der Waals surface area contributed by atoms with Crippen molar-refractivity contribution in [1.29, 1.82) is 0 Å². The second kappa shape index (κ2) is 39.2. The van der Waals surface area contributed by atoms with E-state index in [4.69, 9.17) is 76.6 Å². The van der Waals surface area contributed by atoms with E-state index in [2.05, 4.69) is 0 Å². The lowest BCUT2D eigenvalue weighted by Crippen LogP contribution is -2.09. The highest BCUT2D eigenvalue weighted by atomic mass is 16.4. The topological polar surface area (TPSA) is 302 Å². The summed E-state index contributed by atoms with van der Waals surface area (Å²) in [6.07, 6.45) is 1.14. The first kappa shape index (κ1) is 44.4. The number of nitrogens with two attached hydrogens (primary N) is 3. The molecule has 15 heteroatoms. The van der Waals surface area contributed by atoms with Crippen LogP contribution < -0.4 is 17.2 Å². The number of carboxylic acids is 6. The molecule has 0 spiro atoms. The third-order valence-corrected chi connectivity index (χ3v) is 0.192. The maximum absolute atomic E-state index is 9.00. The van der Waals surface area contributed by atoms with Crippen LogP contribution in [0, 0.1) is 0 Å². The van der Waals surface area contributed by atoms with Crippen LogP contribution in [0.5, 0.6) is 0 Å². The summed E-state index contributed by atoms with van der Waals surface area (Å²) in [5.41, 5.74) is 14.4. The minimum Gasteiger partial charge on any atom is -0.481 e. The average Bonchev–Trinajstić information content (AvgIpc) is 2.34. The zero-order valence-corrected chi connectivity index (χ0v) is 16.9. The highest BCUT2D eigenvalue weighted by Gasteiger charge is 1.67. The summed E-state index contributed by atoms with van der Waals surface area (Å²) >= 11 is 0. The fourth-order valence-corrected chi connectivity index (χ4v) is 0. The van der Waals surface area contributed by atoms with Crippen molar-refractivity contribution in [3.8, 4) is 0 Å². The van der Waals surface area contributed by atoms with Crippen molar-refractivity contribution in [3.63, 3.8) is 0 Å². The molecule has 0 atom stereocenters. The molecule has 0 aliphatic rings. The zero-order valence-electron chi connectivity index (χ0n) is 16.9. The van der Waals surface area contributed by atoms with Crippen molar-refractivity contribution >= 4 is 35.8 Å². The molecule has 0 aliphatic heterocycles. The van der Waals surface area contributed by atoms with E-state index in [9.17, 15) is 0 Å². The van der Waals surface area contributed by atoms with Gasteiger partial charge in [0.15, 0.2) is 0 Å². The second-order valence-electron chi connectivity index (χ2n) is 3.78. The molecule has 0 aliphatic carbocycles. The van der Waals surface area contributed by atoms with E-state index < -0.39 is 35.8 Å². The quantitative estimate of drug-likeness (QED) is 0.226. The molecule has 0 bridgehead atoms. The molecule has 0 unspecified atom stereocenters. The molecule has 15 nitrogen and oxygen atoms in total. The first-order valence-electron chi connectivity index (χ1n) is 6.77. The summed E-state index contributed by atoms with van der Waals surface area (Å²) in [6.45, 7) is 6.50. The van der Waals surface area contributed by atoms with E-state index >= 15 is 0 Å². The van der Waals surface area contributed by atoms with Crippen LogP contribution in [0.3, 0.4) is 0 Å². The Labute approximate surface area is 167 Å². The van der Waals surface area contributed by atoms with Crippen LogP contribution >= 0.6 is 0 Å². The number of carbonyl (C=O) groups is 6. The fourth-order valence-electron chi connectivity index (χ4n) is 0. The maximum Gasteiger partial charge on any atom is 0.300 e. The van der Waals surface area contributed by atoms with Gasteiger partial charge in [-0.15, -0.1) is 0 Å². The lowest BCUT2D eigenvalue weighted by Gasteiger charge is -1.78. The smallest absolute Gasteiger partial charge is 0.300 e. The zero-order chi connectivity index (χ0) is 25.7. The molecule has 0 aromatic carbocycles. The Kier molecular flexibility index (Phi) is 60.0. The van der Waals surface area contributed by atoms with Gasteiger partial charge in [0.25, 0.3) is 35.8 Å². The first-order valence-corrected chi connectivity index (χ1v) is 6.77. The highest BCUT2D eigenvalue weighted by Crippen LogP contribution is 1.49. The van der Waals surface area contributed by atoms with Gasteiger partial charge in [-0.2, -0.15) is 0 Å². The Morgan fingerprint density at radius 1 is 0.483 bits per heavy atom. The van der Waals surface area contributed by atoms with Gasteiger partial charge in [-0.05, 0) is 0 Å².